The van der Waals surface area contributed by atoms with Crippen molar-refractivity contribution >= 4 is 57.5 Å². The summed E-state index contributed by atoms with van der Waals surface area (Å²) >= 11 is 21.4. The molecule has 0 unspecified atom stereocenters. The van der Waals surface area contributed by atoms with Gasteiger partial charge in [-0.15, -0.1) is 0 Å². The maximum atomic E-state index is 7.26. The quantitative estimate of drug-likeness (QED) is 0.183. The van der Waals surface area contributed by atoms with Crippen LogP contribution in [0, 0.1) is 0 Å². The Morgan fingerprint density at radius 3 is 1.32 bits per heavy atom. The minimum atomic E-state index is -4.74. The van der Waals surface area contributed by atoms with Gasteiger partial charge in [-0.1, -0.05) is 0 Å². The Morgan fingerprint density at radius 2 is 0.927 bits per heavy atom. The fraction of sp³-hybridized carbons (Fsp3) is 0.0588. The molecule has 0 spiro atoms. The molecule has 0 fully saturated rings. The van der Waals surface area contributed by atoms with Crippen LogP contribution in [0.2, 0.25) is 20.1 Å². The van der Waals surface area contributed by atoms with Crippen molar-refractivity contribution in [1.29, 1.82) is 0 Å². The fourth-order valence-electron chi connectivity index (χ4n) is 5.29. The Hall–Kier alpha value is -2.52. The van der Waals surface area contributed by atoms with E-state index in [4.69, 9.17) is 52.0 Å². The van der Waals surface area contributed by atoms with Crippen molar-refractivity contribution in [2.45, 2.75) is 12.8 Å². The molecule has 0 saturated carbocycles. The van der Waals surface area contributed by atoms with Crippen molar-refractivity contribution in [2.24, 2.45) is 0 Å². The Balaban J connectivity index is 1.67. The van der Waals surface area contributed by atoms with E-state index in [-0.39, 0.29) is 0 Å². The zero-order valence-corrected chi connectivity index (χ0v) is 27.3. The summed E-state index contributed by atoms with van der Waals surface area (Å²) in [5, 5.41) is 1.90. The van der Waals surface area contributed by atoms with E-state index in [1.54, 1.807) is 24.3 Å². The van der Waals surface area contributed by atoms with E-state index >= 15 is 0 Å². The molecule has 0 saturated heterocycles. The van der Waals surface area contributed by atoms with Crippen LogP contribution in [0.5, 0.6) is 11.5 Å². The van der Waals surface area contributed by atoms with E-state index in [2.05, 4.69) is 48.6 Å². The number of hydrogen-bond donors (Lipinski definition) is 0. The average molecular weight is 698 g/mol. The molecule has 2 aliphatic carbocycles. The van der Waals surface area contributed by atoms with E-state index in [0.717, 1.165) is 28.8 Å². The molecule has 6 rings (SSSR count). The second-order valence-electron chi connectivity index (χ2n) is 9.70. The molecule has 0 heterocycles. The van der Waals surface area contributed by atoms with E-state index in [1.807, 2.05) is 48.5 Å². The summed E-state index contributed by atoms with van der Waals surface area (Å²) in [6.45, 7) is 0. The Kier molecular flexibility index (Phi) is 8.63. The van der Waals surface area contributed by atoms with E-state index in [1.165, 1.54) is 0 Å². The topological polar surface area (TPSA) is 18.5 Å². The van der Waals surface area contributed by atoms with Crippen LogP contribution in [0.3, 0.4) is 0 Å². The third-order valence-electron chi connectivity index (χ3n) is 7.12. The SMILES string of the molecule is Clc1ccc([O][Zr]([O]c2ccc(Cl)cc2Cl)([C]2=C(c3ccccc3)C=CC2)[C]2=C(c3ccccc3)C=CC2)c(Cl)c1. The zero-order chi connectivity index (χ0) is 28.4. The second-order valence-corrected chi connectivity index (χ2v) is 18.4. The first-order valence-electron chi connectivity index (χ1n) is 13.1. The van der Waals surface area contributed by atoms with Gasteiger partial charge in [-0.05, 0) is 0 Å². The summed E-state index contributed by atoms with van der Waals surface area (Å²) in [6, 6.07) is 31.3. The summed E-state index contributed by atoms with van der Waals surface area (Å²) < 4.78 is 16.8. The number of hydrogen-bond acceptors (Lipinski definition) is 2. The average Bonchev–Trinajstić information content (AvgIpc) is 3.68. The van der Waals surface area contributed by atoms with Gasteiger partial charge in [-0.3, -0.25) is 0 Å². The first-order chi connectivity index (χ1) is 19.9. The predicted octanol–water partition coefficient (Wildman–Crippen LogP) is 11.5. The first-order valence-corrected chi connectivity index (χ1v) is 19.1. The van der Waals surface area contributed by atoms with Crippen LogP contribution in [-0.4, -0.2) is 0 Å². The number of allylic oxidation sites excluding steroid dienone is 8. The summed E-state index contributed by atoms with van der Waals surface area (Å²) in [5.41, 5.74) is 4.40. The number of rotatable bonds is 8. The molecule has 0 atom stereocenters. The zero-order valence-electron chi connectivity index (χ0n) is 21.8. The van der Waals surface area contributed by atoms with Crippen LogP contribution < -0.4 is 5.63 Å². The molecule has 2 nitrogen and oxygen atoms in total. The van der Waals surface area contributed by atoms with Crippen LogP contribution in [0.25, 0.3) is 11.1 Å². The Labute approximate surface area is 265 Å². The summed E-state index contributed by atoms with van der Waals surface area (Å²) in [5.74, 6) is 1.05. The molecular formula is C34H24Cl4O2Zr. The molecule has 0 aliphatic heterocycles. The molecule has 0 bridgehead atoms. The van der Waals surface area contributed by atoms with Gasteiger partial charge in [0, 0.05) is 0 Å². The molecule has 4 aromatic rings. The van der Waals surface area contributed by atoms with Crippen molar-refractivity contribution in [3.05, 3.63) is 159 Å². The van der Waals surface area contributed by atoms with Gasteiger partial charge in [-0.2, -0.15) is 0 Å². The summed E-state index contributed by atoms with van der Waals surface area (Å²) in [7, 11) is 0. The van der Waals surface area contributed by atoms with Gasteiger partial charge in [0.05, 0.1) is 0 Å². The molecule has 0 aromatic heterocycles. The molecular weight excluding hydrogens is 673 g/mol. The Morgan fingerprint density at radius 1 is 0.512 bits per heavy atom. The fourth-order valence-corrected chi connectivity index (χ4v) is 15.9. The minimum absolute atomic E-state index is 0.421. The van der Waals surface area contributed by atoms with Crippen LogP contribution in [0.4, 0.5) is 0 Å². The van der Waals surface area contributed by atoms with Crippen molar-refractivity contribution in [2.75, 3.05) is 0 Å². The standard InChI is InChI=1S/2C11H9.2C6H4Cl2O.Zr/c2*1-2-6-10(7-3-1)11-8-4-5-9-11;2*7-4-1-2-6(9)5(8)3-4;/h2*1-4,6-8H,5H2;2*1-3,9H;/q;;;;+2/p-2. The van der Waals surface area contributed by atoms with Gasteiger partial charge in [-0.25, -0.2) is 0 Å². The molecule has 41 heavy (non-hydrogen) atoms. The van der Waals surface area contributed by atoms with Crippen molar-refractivity contribution < 1.29 is 26.8 Å². The third-order valence-corrected chi connectivity index (χ3v) is 16.9. The number of benzene rings is 4. The van der Waals surface area contributed by atoms with Crippen LogP contribution in [-0.2, 0) is 21.1 Å². The normalized spacial score (nSPS) is 14.7. The van der Waals surface area contributed by atoms with Crippen LogP contribution >= 0.6 is 46.4 Å². The molecule has 2 aliphatic rings. The summed E-state index contributed by atoms with van der Waals surface area (Å²) in [4.78, 5) is 0. The van der Waals surface area contributed by atoms with Gasteiger partial charge in [0.1, 0.15) is 0 Å². The van der Waals surface area contributed by atoms with E-state index < -0.39 is 21.1 Å². The van der Waals surface area contributed by atoms with Crippen molar-refractivity contribution in [3.63, 3.8) is 0 Å². The molecule has 4 aromatic carbocycles. The molecule has 0 N–H and O–H groups in total. The molecule has 7 heteroatoms. The van der Waals surface area contributed by atoms with Crippen LogP contribution in [0.1, 0.15) is 24.0 Å². The van der Waals surface area contributed by atoms with Gasteiger partial charge < -0.3 is 0 Å². The van der Waals surface area contributed by atoms with E-state index in [9.17, 15) is 0 Å². The molecule has 0 radical (unpaired) electrons. The number of halogens is 4. The third kappa shape index (κ3) is 5.89. The van der Waals surface area contributed by atoms with Crippen molar-refractivity contribution in [3.8, 4) is 11.5 Å². The van der Waals surface area contributed by atoms with Crippen molar-refractivity contribution in [1.82, 2.24) is 0 Å². The van der Waals surface area contributed by atoms with Gasteiger partial charge in [0.2, 0.25) is 0 Å². The monoisotopic (exact) mass is 694 g/mol. The van der Waals surface area contributed by atoms with Gasteiger partial charge >= 0.3 is 268 Å². The molecule has 0 amide bonds. The van der Waals surface area contributed by atoms with Gasteiger partial charge in [0.25, 0.3) is 0 Å². The molecule has 204 valence electrons. The van der Waals surface area contributed by atoms with E-state index in [0.29, 0.717) is 44.4 Å². The Bertz CT molecular complexity index is 1600. The predicted molar refractivity (Wildman–Crippen MR) is 168 cm³/mol. The first kappa shape index (κ1) is 28.6. The second kappa shape index (κ2) is 12.4. The van der Waals surface area contributed by atoms with Crippen LogP contribution in [0.15, 0.2) is 128 Å². The summed E-state index contributed by atoms with van der Waals surface area (Å²) in [6.07, 6.45) is 10.1. The van der Waals surface area contributed by atoms with Gasteiger partial charge in [0.15, 0.2) is 0 Å². The maximum absolute atomic E-state index is 7.26.